The highest BCUT2D eigenvalue weighted by molar-refractivity contribution is 7.94. The summed E-state index contributed by atoms with van der Waals surface area (Å²) in [6, 6.07) is 6.06. The molecule has 0 N–H and O–H groups in total. The summed E-state index contributed by atoms with van der Waals surface area (Å²) in [7, 11) is -2.75. The van der Waals surface area contributed by atoms with E-state index < -0.39 is 21.8 Å². The van der Waals surface area contributed by atoms with Crippen molar-refractivity contribution in [2.45, 2.75) is 10.5 Å². The molecule has 126 valence electrons. The van der Waals surface area contributed by atoms with Crippen molar-refractivity contribution in [3.05, 3.63) is 41.7 Å². The maximum Gasteiger partial charge on any atom is 0.471 e. The first-order valence-corrected chi connectivity index (χ1v) is 9.19. The van der Waals surface area contributed by atoms with Gasteiger partial charge in [-0.3, -0.25) is 0 Å². The van der Waals surface area contributed by atoms with Crippen LogP contribution < -0.4 is 0 Å². The molecule has 6 nitrogen and oxygen atoms in total. The van der Waals surface area contributed by atoms with Gasteiger partial charge in [-0.2, -0.15) is 22.5 Å². The van der Waals surface area contributed by atoms with Crippen LogP contribution in [0.2, 0.25) is 0 Å². The highest BCUT2D eigenvalue weighted by atomic mass is 32.2. The van der Waals surface area contributed by atoms with Crippen LogP contribution in [0.4, 0.5) is 18.9 Å². The summed E-state index contributed by atoms with van der Waals surface area (Å²) in [4.78, 5) is 7.29. The molecule has 0 aliphatic heterocycles. The predicted octanol–water partition coefficient (Wildman–Crippen LogP) is 4.00. The van der Waals surface area contributed by atoms with Gasteiger partial charge in [-0.15, -0.1) is 11.3 Å². The van der Waals surface area contributed by atoms with E-state index in [0.29, 0.717) is 10.0 Å². The molecule has 0 aliphatic rings. The Bertz CT molecular complexity index is 973. The lowest BCUT2D eigenvalue weighted by Crippen LogP contribution is -2.04. The summed E-state index contributed by atoms with van der Waals surface area (Å²) in [5.41, 5.74) is 0.582. The number of rotatable bonds is 3. The number of nitrogens with zero attached hydrogens (tertiary/aromatic N) is 4. The number of thiazole rings is 1. The molecule has 3 rings (SSSR count). The average molecular weight is 374 g/mol. The van der Waals surface area contributed by atoms with Gasteiger partial charge < -0.3 is 4.52 Å². The Kier molecular flexibility index (Phi) is 4.13. The summed E-state index contributed by atoms with van der Waals surface area (Å²) in [6.07, 6.45) is -1.75. The highest BCUT2D eigenvalue weighted by Crippen LogP contribution is 2.30. The van der Waals surface area contributed by atoms with E-state index in [0.717, 1.165) is 0 Å². The molecular weight excluding hydrogens is 365 g/mol. The normalized spacial score (nSPS) is 14.3. The molecule has 2 heterocycles. The lowest BCUT2D eigenvalue weighted by molar-refractivity contribution is -0.159. The van der Waals surface area contributed by atoms with Gasteiger partial charge in [0.15, 0.2) is 4.34 Å². The van der Waals surface area contributed by atoms with E-state index in [4.69, 9.17) is 0 Å². The second-order valence-electron chi connectivity index (χ2n) is 4.66. The largest absolute Gasteiger partial charge is 0.471 e. The van der Waals surface area contributed by atoms with Crippen molar-refractivity contribution >= 4 is 26.8 Å². The molecule has 1 atom stereocenters. The molecule has 0 spiro atoms. The highest BCUT2D eigenvalue weighted by Gasteiger charge is 2.38. The quantitative estimate of drug-likeness (QED) is 0.692. The molecule has 24 heavy (non-hydrogen) atoms. The van der Waals surface area contributed by atoms with E-state index >= 15 is 0 Å². The summed E-state index contributed by atoms with van der Waals surface area (Å²) in [5, 5.41) is 4.99. The van der Waals surface area contributed by atoms with E-state index in [-0.39, 0.29) is 11.4 Å². The summed E-state index contributed by atoms with van der Waals surface area (Å²) in [5.74, 6) is -1.65. The van der Waals surface area contributed by atoms with E-state index in [9.17, 15) is 17.4 Å². The summed E-state index contributed by atoms with van der Waals surface area (Å²) >= 11 is 1.21. The topological polar surface area (TPSA) is 81.2 Å². The van der Waals surface area contributed by atoms with Crippen LogP contribution in [0.3, 0.4) is 0 Å². The molecule has 2 aromatic heterocycles. The SMILES string of the molecule is CS(=O)(=Nc1cccc(-c2noc(C(F)(F)F)n2)c1)c1nccs1. The monoisotopic (exact) mass is 374 g/mol. The fraction of sp³-hybridized carbons (Fsp3) is 0.154. The van der Waals surface area contributed by atoms with Crippen LogP contribution in [0.25, 0.3) is 11.4 Å². The van der Waals surface area contributed by atoms with Gasteiger partial charge in [-0.25, -0.2) is 9.19 Å². The molecule has 11 heteroatoms. The van der Waals surface area contributed by atoms with Crippen LogP contribution in [-0.4, -0.2) is 25.6 Å². The number of halogens is 3. The number of alkyl halides is 3. The second kappa shape index (κ2) is 5.98. The maximum atomic E-state index is 12.6. The van der Waals surface area contributed by atoms with Crippen LogP contribution in [0.15, 0.2) is 49.1 Å². The van der Waals surface area contributed by atoms with Gasteiger partial charge in [0.25, 0.3) is 0 Å². The van der Waals surface area contributed by atoms with Crippen LogP contribution in [0, 0.1) is 0 Å². The average Bonchev–Trinajstić information content (AvgIpc) is 3.19. The van der Waals surface area contributed by atoms with Gasteiger partial charge in [-0.05, 0) is 12.1 Å². The zero-order valence-electron chi connectivity index (χ0n) is 12.0. The first kappa shape index (κ1) is 16.6. The number of hydrogen-bond donors (Lipinski definition) is 0. The van der Waals surface area contributed by atoms with Crippen LogP contribution in [0.1, 0.15) is 5.89 Å². The number of aromatic nitrogens is 3. The van der Waals surface area contributed by atoms with Crippen molar-refractivity contribution < 1.29 is 21.9 Å². The van der Waals surface area contributed by atoms with Crippen LogP contribution in [0.5, 0.6) is 0 Å². The molecular formula is C13H9F3N4O2S2. The molecule has 0 radical (unpaired) electrons. The van der Waals surface area contributed by atoms with Gasteiger partial charge in [0.2, 0.25) is 5.82 Å². The first-order valence-electron chi connectivity index (χ1n) is 6.39. The van der Waals surface area contributed by atoms with Gasteiger partial charge in [0.1, 0.15) is 9.73 Å². The van der Waals surface area contributed by atoms with Crippen molar-refractivity contribution in [3.8, 4) is 11.4 Å². The Morgan fingerprint density at radius 1 is 1.33 bits per heavy atom. The van der Waals surface area contributed by atoms with Crippen molar-refractivity contribution in [1.82, 2.24) is 15.1 Å². The second-order valence-corrected chi connectivity index (χ2v) is 7.99. The van der Waals surface area contributed by atoms with Gasteiger partial charge in [0.05, 0.1) is 5.69 Å². The minimum Gasteiger partial charge on any atom is -0.329 e. The Hall–Kier alpha value is -2.27. The molecule has 0 bridgehead atoms. The minimum absolute atomic E-state index is 0.226. The van der Waals surface area contributed by atoms with Crippen LogP contribution in [-0.2, 0) is 15.9 Å². The Morgan fingerprint density at radius 2 is 2.12 bits per heavy atom. The molecule has 0 saturated carbocycles. The van der Waals surface area contributed by atoms with E-state index in [2.05, 4.69) is 24.0 Å². The van der Waals surface area contributed by atoms with E-state index in [1.807, 2.05) is 0 Å². The molecule has 0 aliphatic carbocycles. The van der Waals surface area contributed by atoms with E-state index in [1.165, 1.54) is 35.9 Å². The first-order chi connectivity index (χ1) is 11.3. The third-order valence-electron chi connectivity index (χ3n) is 2.79. The van der Waals surface area contributed by atoms with Gasteiger partial charge >= 0.3 is 12.1 Å². The molecule has 1 unspecified atom stereocenters. The lowest BCUT2D eigenvalue weighted by Gasteiger charge is -2.01. The summed E-state index contributed by atoms with van der Waals surface area (Å²) in [6.45, 7) is 0. The molecule has 1 aromatic carbocycles. The maximum absolute atomic E-state index is 12.6. The third kappa shape index (κ3) is 3.46. The van der Waals surface area contributed by atoms with Crippen molar-refractivity contribution in [2.24, 2.45) is 4.36 Å². The zero-order chi connectivity index (χ0) is 17.4. The smallest absolute Gasteiger partial charge is 0.329 e. The van der Waals surface area contributed by atoms with Gasteiger partial charge in [0, 0.05) is 23.4 Å². The van der Waals surface area contributed by atoms with Gasteiger partial charge in [-0.1, -0.05) is 17.3 Å². The van der Waals surface area contributed by atoms with Crippen LogP contribution >= 0.6 is 11.3 Å². The lowest BCUT2D eigenvalue weighted by atomic mass is 10.2. The minimum atomic E-state index is -4.71. The van der Waals surface area contributed by atoms with Crippen molar-refractivity contribution in [1.29, 1.82) is 0 Å². The Balaban J connectivity index is 1.99. The van der Waals surface area contributed by atoms with E-state index in [1.54, 1.807) is 17.5 Å². The third-order valence-corrected chi connectivity index (χ3v) is 5.88. The molecule has 0 amide bonds. The summed E-state index contributed by atoms with van der Waals surface area (Å²) < 4.78 is 58.8. The predicted molar refractivity (Wildman–Crippen MR) is 81.3 cm³/mol. The number of benzene rings is 1. The molecule has 0 fully saturated rings. The Morgan fingerprint density at radius 3 is 2.75 bits per heavy atom. The fourth-order valence-electron chi connectivity index (χ4n) is 1.80. The molecule has 3 aromatic rings. The van der Waals surface area contributed by atoms with Crippen molar-refractivity contribution in [3.63, 3.8) is 0 Å². The fourth-order valence-corrected chi connectivity index (χ4v) is 4.00. The standard InChI is InChI=1S/C13H9F3N4O2S2/c1-24(21,12-17-5-6-23-12)20-9-4-2-3-8(7-9)10-18-11(22-19-10)13(14,15)16/h2-7H,1H3. The zero-order valence-corrected chi connectivity index (χ0v) is 13.7. The molecule has 0 saturated heterocycles. The Labute approximate surface area is 138 Å². The van der Waals surface area contributed by atoms with Crippen molar-refractivity contribution in [2.75, 3.05) is 6.26 Å². The number of hydrogen-bond acceptors (Lipinski definition) is 7.